The van der Waals surface area contributed by atoms with Crippen LogP contribution in [0.4, 0.5) is 13.2 Å². The number of carboxylic acid groups (broad SMARTS) is 1. The summed E-state index contributed by atoms with van der Waals surface area (Å²) < 4.78 is 67.3. The summed E-state index contributed by atoms with van der Waals surface area (Å²) in [6, 6.07) is 8.79. The van der Waals surface area contributed by atoms with Crippen LogP contribution in [0.2, 0.25) is 0 Å². The summed E-state index contributed by atoms with van der Waals surface area (Å²) >= 11 is 1.24. The Morgan fingerprint density at radius 1 is 1.12 bits per heavy atom. The zero-order valence-electron chi connectivity index (χ0n) is 27.0. The summed E-state index contributed by atoms with van der Waals surface area (Å²) in [5, 5.41) is 22.5. The van der Waals surface area contributed by atoms with E-state index in [0.717, 1.165) is 18.2 Å². The predicted octanol–water partition coefficient (Wildman–Crippen LogP) is 0.216. The van der Waals surface area contributed by atoms with Gasteiger partial charge in [0.1, 0.15) is 30.1 Å². The molecule has 12 nitrogen and oxygen atoms in total. The average molecular weight is 723 g/mol. The number of esters is 2. The summed E-state index contributed by atoms with van der Waals surface area (Å²) in [5.74, 6) is -5.97. The molecule has 1 aromatic heterocycles. The van der Waals surface area contributed by atoms with E-state index in [0.29, 0.717) is 11.6 Å². The molecule has 17 heteroatoms. The van der Waals surface area contributed by atoms with Gasteiger partial charge in [-0.25, -0.2) is 27.6 Å². The minimum absolute atomic E-state index is 0. The van der Waals surface area contributed by atoms with E-state index in [-0.39, 0.29) is 65.7 Å². The van der Waals surface area contributed by atoms with Gasteiger partial charge in [-0.3, -0.25) is 4.79 Å². The first-order valence-electron chi connectivity index (χ1n) is 14.8. The fraction of sp³-hybridized carbons (Fsp3) is 0.333. The minimum Gasteiger partial charge on any atom is -0.550 e. The maximum Gasteiger partial charge on any atom is 1.00 e. The molecule has 0 N–H and O–H groups in total. The monoisotopic (exact) mass is 722 g/mol. The third-order valence-electron chi connectivity index (χ3n) is 7.16. The first-order valence-corrected chi connectivity index (χ1v) is 15.7. The number of halogens is 3. The number of thioether (sulfide) groups is 1. The van der Waals surface area contributed by atoms with Crippen molar-refractivity contribution in [1.82, 2.24) is 14.8 Å². The van der Waals surface area contributed by atoms with Crippen LogP contribution in [0, 0.1) is 28.8 Å². The molecule has 1 aliphatic heterocycles. The van der Waals surface area contributed by atoms with Crippen LogP contribution in [0.5, 0.6) is 0 Å². The number of aliphatic carboxylic acids is 1. The van der Waals surface area contributed by atoms with Crippen molar-refractivity contribution in [2.24, 2.45) is 0 Å². The summed E-state index contributed by atoms with van der Waals surface area (Å²) in [6.07, 6.45) is 6.98. The first kappa shape index (κ1) is 40.4. The van der Waals surface area contributed by atoms with E-state index in [1.165, 1.54) is 47.3 Å². The molecule has 0 bridgehead atoms. The van der Waals surface area contributed by atoms with Crippen LogP contribution in [0.1, 0.15) is 36.5 Å². The van der Waals surface area contributed by atoms with Crippen molar-refractivity contribution in [3.05, 3.63) is 101 Å². The molecule has 4 rings (SSSR count). The molecule has 0 saturated carbocycles. The van der Waals surface area contributed by atoms with Gasteiger partial charge in [0, 0.05) is 28.4 Å². The topological polar surface area (TPSA) is 166 Å². The van der Waals surface area contributed by atoms with Gasteiger partial charge in [0.15, 0.2) is 18.5 Å². The Kier molecular flexibility index (Phi) is 15.7. The predicted molar refractivity (Wildman–Crippen MR) is 165 cm³/mol. The van der Waals surface area contributed by atoms with Gasteiger partial charge < -0.3 is 28.8 Å². The number of rotatable bonds is 15. The molecule has 3 aromatic rings. The van der Waals surface area contributed by atoms with E-state index in [4.69, 9.17) is 24.2 Å². The number of aromatic nitrogens is 3. The van der Waals surface area contributed by atoms with Crippen LogP contribution in [-0.4, -0.2) is 69.3 Å². The molecule has 0 aliphatic carbocycles. The van der Waals surface area contributed by atoms with Crippen LogP contribution in [0.3, 0.4) is 0 Å². The van der Waals surface area contributed by atoms with Crippen LogP contribution >= 0.6 is 11.8 Å². The fourth-order valence-electron chi connectivity index (χ4n) is 4.77. The van der Waals surface area contributed by atoms with Crippen LogP contribution in [-0.2, 0) is 45.5 Å². The Balaban J connectivity index is 0.00000676. The van der Waals surface area contributed by atoms with Gasteiger partial charge in [-0.15, -0.1) is 11.8 Å². The van der Waals surface area contributed by atoms with Crippen LogP contribution in [0.25, 0.3) is 6.08 Å². The number of allylic oxidation sites excluding steroid dienone is 2. The van der Waals surface area contributed by atoms with Gasteiger partial charge in [-0.05, 0) is 43.7 Å². The molecule has 2 heterocycles. The van der Waals surface area contributed by atoms with Gasteiger partial charge in [0.2, 0.25) is 0 Å². The van der Waals surface area contributed by atoms with Crippen molar-refractivity contribution >= 4 is 35.7 Å². The number of carboxylic acids is 1. The van der Waals surface area contributed by atoms with E-state index >= 15 is 4.39 Å². The zero-order valence-corrected chi connectivity index (χ0v) is 29.8. The standard InChI is InChI=1S/C33H31F3N4O8S.Na/c1-21(49-25-15-46-32(47-16-25)5-3-2-4-23-7-6-22(14-37)12-27(23)35)33(18-40-20-38-19-39-40,26-9-8-24(34)13-28(26)36)48-31(44)17-45-30(43)11-10-29(41)42;/h2-9,12-13,19-21,25,32H,10-11,15-18H2,1H3,(H,41,42);/q;+1/p-1/b4-2+,5-3+;/t21-,25?,32?,33-;/m1./s1. The maximum atomic E-state index is 15.5. The third kappa shape index (κ3) is 11.5. The van der Waals surface area contributed by atoms with Gasteiger partial charge in [0.05, 0.1) is 43.1 Å². The summed E-state index contributed by atoms with van der Waals surface area (Å²) in [4.78, 5) is 39.6. The molecular weight excluding hydrogens is 692 g/mol. The Labute approximate surface area is 311 Å². The average Bonchev–Trinajstić information content (AvgIpc) is 3.58. The van der Waals surface area contributed by atoms with Gasteiger partial charge in [-0.2, -0.15) is 10.4 Å². The molecule has 0 spiro atoms. The fourth-order valence-corrected chi connectivity index (χ4v) is 6.13. The van der Waals surface area contributed by atoms with Crippen molar-refractivity contribution in [1.29, 1.82) is 5.26 Å². The molecule has 258 valence electrons. The number of nitrogens with zero attached hydrogens (tertiary/aromatic N) is 4. The molecule has 50 heavy (non-hydrogen) atoms. The molecule has 2 atom stereocenters. The molecule has 0 unspecified atom stereocenters. The second kappa shape index (κ2) is 19.4. The van der Waals surface area contributed by atoms with Crippen LogP contribution in [0.15, 0.2) is 67.3 Å². The molecule has 2 aromatic carbocycles. The van der Waals surface area contributed by atoms with Gasteiger partial charge in [0.25, 0.3) is 0 Å². The van der Waals surface area contributed by atoms with E-state index in [1.807, 2.05) is 6.07 Å². The van der Waals surface area contributed by atoms with Crippen molar-refractivity contribution in [3.63, 3.8) is 0 Å². The van der Waals surface area contributed by atoms with E-state index in [2.05, 4.69) is 10.1 Å². The molecule has 0 amide bonds. The largest absolute Gasteiger partial charge is 1.00 e. The Morgan fingerprint density at radius 3 is 2.52 bits per heavy atom. The van der Waals surface area contributed by atoms with Crippen molar-refractivity contribution < 1.29 is 81.2 Å². The van der Waals surface area contributed by atoms with Crippen LogP contribution < -0.4 is 34.7 Å². The molecule has 1 fully saturated rings. The zero-order chi connectivity index (χ0) is 35.4. The smallest absolute Gasteiger partial charge is 0.550 e. The molecular formula is C33H30F3N4NaO8S. The quantitative estimate of drug-likeness (QED) is 0.119. The number of benzene rings is 2. The SMILES string of the molecule is C[C@@H](SC1COC(/C=C/C=C/c2ccc(C#N)cc2F)OC1)[C@@](Cn1cncn1)(OC(=O)COC(=O)CCC(=O)[O-])c1ccc(F)cc1F.[Na+]. The summed E-state index contributed by atoms with van der Waals surface area (Å²) in [6.45, 7) is 0.782. The van der Waals surface area contributed by atoms with Gasteiger partial charge in [-0.1, -0.05) is 24.3 Å². The molecule has 1 aliphatic rings. The number of carbonyl (C=O) groups is 3. The number of hydrogen-bond acceptors (Lipinski definition) is 12. The number of hydrogen-bond donors (Lipinski definition) is 0. The van der Waals surface area contributed by atoms with E-state index in [1.54, 1.807) is 25.2 Å². The maximum absolute atomic E-state index is 15.5. The minimum atomic E-state index is -1.87. The first-order chi connectivity index (χ1) is 23.5. The second-order valence-electron chi connectivity index (χ2n) is 10.6. The Hall–Kier alpha value is -3.98. The molecule has 0 radical (unpaired) electrons. The summed E-state index contributed by atoms with van der Waals surface area (Å²) in [5.41, 5.74) is -1.56. The Morgan fingerprint density at radius 2 is 1.88 bits per heavy atom. The number of carbonyl (C=O) groups excluding carboxylic acids is 3. The number of ether oxygens (including phenoxy) is 4. The third-order valence-corrected chi connectivity index (χ3v) is 8.61. The molecule has 1 saturated heterocycles. The van der Waals surface area contributed by atoms with Crippen molar-refractivity contribution in [2.45, 2.75) is 48.7 Å². The van der Waals surface area contributed by atoms with Crippen molar-refractivity contribution in [3.8, 4) is 6.07 Å². The van der Waals surface area contributed by atoms with Crippen molar-refractivity contribution in [2.75, 3.05) is 19.8 Å². The summed E-state index contributed by atoms with van der Waals surface area (Å²) in [7, 11) is 0. The van der Waals surface area contributed by atoms with E-state index < -0.39 is 71.9 Å². The number of nitriles is 1. The van der Waals surface area contributed by atoms with E-state index in [9.17, 15) is 28.3 Å². The van der Waals surface area contributed by atoms with Gasteiger partial charge >= 0.3 is 41.5 Å². The second-order valence-corrected chi connectivity index (χ2v) is 12.3. The normalized spacial score (nSPS) is 17.7. The Bertz CT molecular complexity index is 1730.